The molecule has 0 heterocycles. The third kappa shape index (κ3) is 16.1. The third-order valence-corrected chi connectivity index (χ3v) is 4.49. The largest absolute Gasteiger partial charge is 0.0654 e. The summed E-state index contributed by atoms with van der Waals surface area (Å²) in [5, 5.41) is 0. The number of hydrogen-bond acceptors (Lipinski definition) is 0. The van der Waals surface area contributed by atoms with Crippen LogP contribution in [0.25, 0.3) is 0 Å². The van der Waals surface area contributed by atoms with Gasteiger partial charge in [-0.2, -0.15) is 0 Å². The first kappa shape index (κ1) is 20.0. The number of unbranched alkanes of at least 4 members (excludes halogenated alkanes) is 12. The minimum Gasteiger partial charge on any atom is -0.0654 e. The van der Waals surface area contributed by atoms with Crippen LogP contribution in [0.1, 0.15) is 117 Å². The molecule has 0 fully saturated rings. The first-order chi connectivity index (χ1) is 9.81. The average Bonchev–Trinajstić information content (AvgIpc) is 2.45. The molecule has 0 aromatic heterocycles. The molecule has 0 spiro atoms. The zero-order valence-corrected chi connectivity index (χ0v) is 14.8. The summed E-state index contributed by atoms with van der Waals surface area (Å²) in [4.78, 5) is 0. The van der Waals surface area contributed by atoms with Gasteiger partial charge in [0.2, 0.25) is 0 Å². The normalized spacial score (nSPS) is 12.8. The van der Waals surface area contributed by atoms with Gasteiger partial charge in [-0.3, -0.25) is 0 Å². The van der Waals surface area contributed by atoms with Gasteiger partial charge in [-0.1, -0.05) is 117 Å². The highest BCUT2D eigenvalue weighted by Gasteiger charge is 2.01. The van der Waals surface area contributed by atoms with Gasteiger partial charge in [0, 0.05) is 0 Å². The second-order valence-electron chi connectivity index (χ2n) is 6.77. The van der Waals surface area contributed by atoms with E-state index in [-0.39, 0.29) is 0 Å². The number of hydrogen-bond donors (Lipinski definition) is 0. The van der Waals surface area contributed by atoms with Crippen molar-refractivity contribution in [3.8, 4) is 0 Å². The van der Waals surface area contributed by atoms with Gasteiger partial charge in [0.1, 0.15) is 0 Å². The maximum Gasteiger partial charge on any atom is -0.0417 e. The molecule has 0 N–H and O–H groups in total. The maximum atomic E-state index is 2.45. The van der Waals surface area contributed by atoms with Crippen molar-refractivity contribution < 1.29 is 0 Å². The molecule has 0 aromatic carbocycles. The van der Waals surface area contributed by atoms with Gasteiger partial charge in [0.05, 0.1) is 0 Å². The summed E-state index contributed by atoms with van der Waals surface area (Å²) in [6, 6.07) is 0. The Bertz CT molecular complexity index is 161. The van der Waals surface area contributed by atoms with Gasteiger partial charge in [-0.15, -0.1) is 0 Å². The summed E-state index contributed by atoms with van der Waals surface area (Å²) in [6.07, 6.45) is 24.0. The first-order valence-electron chi connectivity index (χ1n) is 9.59. The van der Waals surface area contributed by atoms with Crippen molar-refractivity contribution in [1.29, 1.82) is 0 Å². The molecule has 0 saturated heterocycles. The molecule has 0 rings (SSSR count). The summed E-state index contributed by atoms with van der Waals surface area (Å²) in [5.74, 6) is 0.959. The van der Waals surface area contributed by atoms with Crippen LogP contribution in [0.4, 0.5) is 0 Å². The van der Waals surface area contributed by atoms with Gasteiger partial charge in [-0.25, -0.2) is 0 Å². The van der Waals surface area contributed by atoms with Crippen LogP contribution < -0.4 is 0 Å². The van der Waals surface area contributed by atoms with Crippen molar-refractivity contribution in [2.75, 3.05) is 0 Å². The molecule has 0 bridgehead atoms. The fourth-order valence-electron chi connectivity index (χ4n) is 2.97. The highest BCUT2D eigenvalue weighted by molar-refractivity contribution is 4.59. The molecule has 1 atom stereocenters. The van der Waals surface area contributed by atoms with Crippen molar-refractivity contribution >= 4 is 0 Å². The molecule has 0 aromatic rings. The molecule has 0 amide bonds. The summed E-state index contributed by atoms with van der Waals surface area (Å²) < 4.78 is 0. The fraction of sp³-hybridized carbons (Fsp3) is 0.950. The Morgan fingerprint density at radius 3 is 1.60 bits per heavy atom. The molecule has 20 heavy (non-hydrogen) atoms. The van der Waals surface area contributed by atoms with E-state index in [2.05, 4.69) is 27.2 Å². The van der Waals surface area contributed by atoms with Crippen LogP contribution in [0, 0.1) is 12.3 Å². The van der Waals surface area contributed by atoms with Crippen molar-refractivity contribution in [3.63, 3.8) is 0 Å². The van der Waals surface area contributed by atoms with Crippen molar-refractivity contribution in [2.45, 2.75) is 117 Å². The van der Waals surface area contributed by atoms with E-state index < -0.39 is 0 Å². The molecular formula is C20H41. The molecule has 1 unspecified atom stereocenters. The van der Waals surface area contributed by atoms with Crippen LogP contribution in [-0.4, -0.2) is 0 Å². The van der Waals surface area contributed by atoms with Crippen molar-refractivity contribution in [2.24, 2.45) is 5.92 Å². The predicted molar refractivity (Wildman–Crippen MR) is 94.1 cm³/mol. The smallest absolute Gasteiger partial charge is 0.0417 e. The Morgan fingerprint density at radius 2 is 1.10 bits per heavy atom. The van der Waals surface area contributed by atoms with Gasteiger partial charge >= 0.3 is 0 Å². The Balaban J connectivity index is 3.07. The van der Waals surface area contributed by atoms with E-state index in [1.54, 1.807) is 0 Å². The second kappa shape index (κ2) is 17.1. The molecular weight excluding hydrogens is 240 g/mol. The first-order valence-corrected chi connectivity index (χ1v) is 9.59. The van der Waals surface area contributed by atoms with E-state index in [1.807, 2.05) is 0 Å². The van der Waals surface area contributed by atoms with E-state index in [1.165, 1.54) is 96.3 Å². The van der Waals surface area contributed by atoms with Crippen LogP contribution in [-0.2, 0) is 0 Å². The Kier molecular flexibility index (Phi) is 17.1. The fourth-order valence-corrected chi connectivity index (χ4v) is 2.97. The van der Waals surface area contributed by atoms with E-state index in [9.17, 15) is 0 Å². The zero-order chi connectivity index (χ0) is 14.9. The minimum absolute atomic E-state index is 0.959. The molecule has 0 saturated carbocycles. The van der Waals surface area contributed by atoms with E-state index in [0.29, 0.717) is 0 Å². The van der Waals surface area contributed by atoms with E-state index in [0.717, 1.165) is 5.92 Å². The second-order valence-corrected chi connectivity index (χ2v) is 6.77. The molecule has 0 aliphatic rings. The predicted octanol–water partition coefficient (Wildman–Crippen LogP) is 7.72. The van der Waals surface area contributed by atoms with Crippen LogP contribution in [0.2, 0.25) is 0 Å². The SMILES string of the molecule is C[CH]CCCCC(C)CCCCCCCCCCCC. The lowest BCUT2D eigenvalue weighted by Gasteiger charge is -2.10. The summed E-state index contributed by atoms with van der Waals surface area (Å²) in [7, 11) is 0. The Hall–Kier alpha value is 0. The molecule has 0 nitrogen and oxygen atoms in total. The Labute approximate surface area is 130 Å². The van der Waals surface area contributed by atoms with Crippen molar-refractivity contribution in [1.82, 2.24) is 0 Å². The minimum atomic E-state index is 0.959. The van der Waals surface area contributed by atoms with Crippen LogP contribution in [0.15, 0.2) is 0 Å². The van der Waals surface area contributed by atoms with Gasteiger partial charge < -0.3 is 0 Å². The van der Waals surface area contributed by atoms with Gasteiger partial charge in [0.25, 0.3) is 0 Å². The lowest BCUT2D eigenvalue weighted by molar-refractivity contribution is 0.436. The van der Waals surface area contributed by atoms with Crippen LogP contribution in [0.3, 0.4) is 0 Å². The van der Waals surface area contributed by atoms with Crippen LogP contribution >= 0.6 is 0 Å². The summed E-state index contributed by atoms with van der Waals surface area (Å²) in [6.45, 7) is 6.92. The topological polar surface area (TPSA) is 0 Å². The summed E-state index contributed by atoms with van der Waals surface area (Å²) in [5.41, 5.74) is 0. The average molecular weight is 282 g/mol. The van der Waals surface area contributed by atoms with E-state index >= 15 is 0 Å². The standard InChI is InChI=1S/C20H41/c1-4-6-8-10-11-12-13-14-15-17-19-20(3)18-16-9-7-5-2/h5,20H,4,6-19H2,1-3H3. The number of rotatable bonds is 16. The zero-order valence-electron chi connectivity index (χ0n) is 14.8. The highest BCUT2D eigenvalue weighted by atomic mass is 14.1. The summed E-state index contributed by atoms with van der Waals surface area (Å²) >= 11 is 0. The maximum absolute atomic E-state index is 2.45. The molecule has 0 aliphatic heterocycles. The highest BCUT2D eigenvalue weighted by Crippen LogP contribution is 2.18. The van der Waals surface area contributed by atoms with E-state index in [4.69, 9.17) is 0 Å². The molecule has 121 valence electrons. The Morgan fingerprint density at radius 1 is 0.650 bits per heavy atom. The monoisotopic (exact) mass is 281 g/mol. The quantitative estimate of drug-likeness (QED) is 0.254. The van der Waals surface area contributed by atoms with Crippen LogP contribution in [0.5, 0.6) is 0 Å². The van der Waals surface area contributed by atoms with Gasteiger partial charge in [0.15, 0.2) is 0 Å². The van der Waals surface area contributed by atoms with Gasteiger partial charge in [-0.05, 0) is 12.3 Å². The van der Waals surface area contributed by atoms with Crippen molar-refractivity contribution in [3.05, 3.63) is 6.42 Å². The third-order valence-electron chi connectivity index (χ3n) is 4.49. The molecule has 0 aliphatic carbocycles. The molecule has 0 heteroatoms. The molecule has 1 radical (unpaired) electrons. The lowest BCUT2D eigenvalue weighted by Crippen LogP contribution is -1.95. The lowest BCUT2D eigenvalue weighted by atomic mass is 9.96.